The fourth-order valence-electron chi connectivity index (χ4n) is 2.13. The van der Waals surface area contributed by atoms with Crippen molar-refractivity contribution in [2.75, 3.05) is 4.72 Å². The van der Waals surface area contributed by atoms with E-state index in [4.69, 9.17) is 0 Å². The van der Waals surface area contributed by atoms with Crippen LogP contribution in [-0.2, 0) is 10.0 Å². The van der Waals surface area contributed by atoms with Gasteiger partial charge in [0.2, 0.25) is 0 Å². The van der Waals surface area contributed by atoms with Crippen LogP contribution in [-0.4, -0.2) is 13.4 Å². The van der Waals surface area contributed by atoms with Gasteiger partial charge >= 0.3 is 0 Å². The molecule has 1 heterocycles. The van der Waals surface area contributed by atoms with Gasteiger partial charge in [0.25, 0.3) is 10.0 Å². The van der Waals surface area contributed by atoms with Crippen molar-refractivity contribution >= 4 is 36.7 Å². The topological polar surface area (TPSA) is 59.1 Å². The van der Waals surface area contributed by atoms with E-state index in [2.05, 4.69) is 9.71 Å². The van der Waals surface area contributed by atoms with E-state index in [9.17, 15) is 8.42 Å². The van der Waals surface area contributed by atoms with Crippen LogP contribution in [0.25, 0.3) is 10.2 Å². The minimum Gasteiger partial charge on any atom is -0.255 e. The van der Waals surface area contributed by atoms with Crippen molar-refractivity contribution < 1.29 is 8.42 Å². The highest BCUT2D eigenvalue weighted by Gasteiger charge is 2.17. The SMILES string of the molecule is Cc1ccc2nc(NS(=O)(=O)c3ccc(C)c(C)c3)sc2c1. The second-order valence-electron chi connectivity index (χ2n) is 5.34. The second-order valence-corrected chi connectivity index (χ2v) is 8.05. The zero-order chi connectivity index (χ0) is 15.9. The lowest BCUT2D eigenvalue weighted by molar-refractivity contribution is 0.601. The number of nitrogens with one attached hydrogen (secondary N) is 1. The Bertz CT molecular complexity index is 959. The first-order chi connectivity index (χ1) is 10.3. The van der Waals surface area contributed by atoms with Crippen LogP contribution in [0.15, 0.2) is 41.3 Å². The molecule has 1 N–H and O–H groups in total. The Morgan fingerprint density at radius 2 is 1.77 bits per heavy atom. The minimum absolute atomic E-state index is 0.256. The highest BCUT2D eigenvalue weighted by molar-refractivity contribution is 7.93. The monoisotopic (exact) mass is 332 g/mol. The number of aryl methyl sites for hydroxylation is 3. The molecule has 4 nitrogen and oxygen atoms in total. The number of anilines is 1. The van der Waals surface area contributed by atoms with Crippen molar-refractivity contribution in [2.45, 2.75) is 25.7 Å². The molecule has 22 heavy (non-hydrogen) atoms. The van der Waals surface area contributed by atoms with E-state index >= 15 is 0 Å². The van der Waals surface area contributed by atoms with E-state index in [-0.39, 0.29) is 4.90 Å². The summed E-state index contributed by atoms with van der Waals surface area (Å²) in [6.45, 7) is 5.85. The van der Waals surface area contributed by atoms with E-state index in [0.717, 1.165) is 26.9 Å². The number of aromatic nitrogens is 1. The molecule has 0 bridgehead atoms. The quantitative estimate of drug-likeness (QED) is 0.788. The maximum absolute atomic E-state index is 12.5. The highest BCUT2D eigenvalue weighted by Crippen LogP contribution is 2.28. The van der Waals surface area contributed by atoms with Crippen molar-refractivity contribution in [2.24, 2.45) is 0 Å². The molecule has 0 atom stereocenters. The van der Waals surface area contributed by atoms with Crippen LogP contribution in [0.1, 0.15) is 16.7 Å². The van der Waals surface area contributed by atoms with Crippen LogP contribution in [0.3, 0.4) is 0 Å². The first-order valence-electron chi connectivity index (χ1n) is 6.82. The van der Waals surface area contributed by atoms with Crippen molar-refractivity contribution in [3.8, 4) is 0 Å². The van der Waals surface area contributed by atoms with E-state index in [0.29, 0.717) is 5.13 Å². The summed E-state index contributed by atoms with van der Waals surface area (Å²) < 4.78 is 28.5. The number of fused-ring (bicyclic) bond motifs is 1. The predicted molar refractivity (Wildman–Crippen MR) is 91.1 cm³/mol. The van der Waals surface area contributed by atoms with Crippen LogP contribution >= 0.6 is 11.3 Å². The van der Waals surface area contributed by atoms with Crippen LogP contribution in [0, 0.1) is 20.8 Å². The van der Waals surface area contributed by atoms with Gasteiger partial charge in [-0.2, -0.15) is 0 Å². The Morgan fingerprint density at radius 1 is 1.00 bits per heavy atom. The fraction of sp³-hybridized carbons (Fsp3) is 0.188. The second kappa shape index (κ2) is 5.37. The van der Waals surface area contributed by atoms with Gasteiger partial charge < -0.3 is 0 Å². The predicted octanol–water partition coefficient (Wildman–Crippen LogP) is 4.02. The van der Waals surface area contributed by atoms with Gasteiger partial charge in [0.05, 0.1) is 15.1 Å². The van der Waals surface area contributed by atoms with Crippen molar-refractivity contribution in [1.82, 2.24) is 4.98 Å². The molecule has 6 heteroatoms. The summed E-state index contributed by atoms with van der Waals surface area (Å²) in [7, 11) is -3.61. The number of benzene rings is 2. The van der Waals surface area contributed by atoms with Crippen LogP contribution in [0.4, 0.5) is 5.13 Å². The van der Waals surface area contributed by atoms with E-state index < -0.39 is 10.0 Å². The maximum atomic E-state index is 12.5. The van der Waals surface area contributed by atoms with Gasteiger partial charge in [0.15, 0.2) is 5.13 Å². The molecule has 0 amide bonds. The fourth-order valence-corrected chi connectivity index (χ4v) is 4.41. The molecular formula is C16H16N2O2S2. The molecule has 0 aliphatic carbocycles. The Hall–Kier alpha value is -1.92. The molecule has 114 valence electrons. The van der Waals surface area contributed by atoms with Gasteiger partial charge in [-0.15, -0.1) is 0 Å². The van der Waals surface area contributed by atoms with E-state index in [1.165, 1.54) is 11.3 Å². The number of thiazole rings is 1. The largest absolute Gasteiger partial charge is 0.263 e. The van der Waals surface area contributed by atoms with E-state index in [1.807, 2.05) is 45.0 Å². The molecule has 2 aromatic carbocycles. The molecule has 3 aromatic rings. The summed E-state index contributed by atoms with van der Waals surface area (Å²) in [5, 5.41) is 0.388. The van der Waals surface area contributed by atoms with Crippen LogP contribution in [0.2, 0.25) is 0 Å². The molecule has 0 radical (unpaired) electrons. The average Bonchev–Trinajstić information content (AvgIpc) is 2.82. The molecule has 0 aliphatic heterocycles. The third kappa shape index (κ3) is 2.84. The van der Waals surface area contributed by atoms with Gasteiger partial charge in [0.1, 0.15) is 0 Å². The normalized spacial score (nSPS) is 11.8. The molecule has 0 unspecified atom stereocenters. The smallest absolute Gasteiger partial charge is 0.255 e. The first kappa shape index (κ1) is 15.0. The Morgan fingerprint density at radius 3 is 2.50 bits per heavy atom. The van der Waals surface area contributed by atoms with Gasteiger partial charge in [-0.05, 0) is 61.7 Å². The lowest BCUT2D eigenvalue weighted by Gasteiger charge is -2.07. The molecular weight excluding hydrogens is 316 g/mol. The Labute approximate surface area is 133 Å². The molecule has 0 fully saturated rings. The summed E-state index contributed by atoms with van der Waals surface area (Å²) in [5.74, 6) is 0. The average molecular weight is 332 g/mol. The molecule has 0 aliphatic rings. The molecule has 0 spiro atoms. The molecule has 1 aromatic heterocycles. The Kier molecular flexibility index (Phi) is 3.66. The van der Waals surface area contributed by atoms with Crippen LogP contribution in [0.5, 0.6) is 0 Å². The van der Waals surface area contributed by atoms with Crippen molar-refractivity contribution in [1.29, 1.82) is 0 Å². The summed E-state index contributed by atoms with van der Waals surface area (Å²) in [6, 6.07) is 11.0. The number of hydrogen-bond donors (Lipinski definition) is 1. The molecule has 0 saturated heterocycles. The third-order valence-corrected chi connectivity index (χ3v) is 5.95. The third-order valence-electron chi connectivity index (χ3n) is 3.55. The standard InChI is InChI=1S/C16H16N2O2S2/c1-10-4-7-14-15(8-10)21-16(17-14)18-22(19,20)13-6-5-11(2)12(3)9-13/h4-9H,1-3H3,(H,17,18). The van der Waals surface area contributed by atoms with Gasteiger partial charge in [-0.3, -0.25) is 4.72 Å². The highest BCUT2D eigenvalue weighted by atomic mass is 32.2. The summed E-state index contributed by atoms with van der Waals surface area (Å²) >= 11 is 1.34. The lowest BCUT2D eigenvalue weighted by Crippen LogP contribution is -2.13. The number of hydrogen-bond acceptors (Lipinski definition) is 4. The van der Waals surface area contributed by atoms with E-state index in [1.54, 1.807) is 12.1 Å². The molecule has 3 rings (SSSR count). The first-order valence-corrected chi connectivity index (χ1v) is 9.12. The van der Waals surface area contributed by atoms with Crippen LogP contribution < -0.4 is 4.72 Å². The lowest BCUT2D eigenvalue weighted by atomic mass is 10.1. The van der Waals surface area contributed by atoms with Crippen molar-refractivity contribution in [3.63, 3.8) is 0 Å². The van der Waals surface area contributed by atoms with Crippen molar-refractivity contribution in [3.05, 3.63) is 53.1 Å². The summed E-state index contributed by atoms with van der Waals surface area (Å²) in [6.07, 6.45) is 0. The minimum atomic E-state index is -3.61. The number of nitrogens with zero attached hydrogens (tertiary/aromatic N) is 1. The summed E-state index contributed by atoms with van der Waals surface area (Å²) in [5.41, 5.74) is 3.94. The molecule has 0 saturated carbocycles. The maximum Gasteiger partial charge on any atom is 0.263 e. The van der Waals surface area contributed by atoms with Gasteiger partial charge in [-0.25, -0.2) is 13.4 Å². The Balaban J connectivity index is 1.96. The van der Waals surface area contributed by atoms with Gasteiger partial charge in [0, 0.05) is 0 Å². The zero-order valence-corrected chi connectivity index (χ0v) is 14.2. The zero-order valence-electron chi connectivity index (χ0n) is 12.5. The van der Waals surface area contributed by atoms with Gasteiger partial charge in [-0.1, -0.05) is 23.5 Å². The summed E-state index contributed by atoms with van der Waals surface area (Å²) in [4.78, 5) is 4.59. The number of rotatable bonds is 3. The number of sulfonamides is 1.